The summed E-state index contributed by atoms with van der Waals surface area (Å²) in [7, 11) is -4.19. The first-order valence-electron chi connectivity index (χ1n) is 5.01. The Kier molecular flexibility index (Phi) is 4.62. The van der Waals surface area contributed by atoms with Gasteiger partial charge in [0.05, 0.1) is 5.69 Å². The van der Waals surface area contributed by atoms with E-state index in [1.165, 1.54) is 0 Å². The maximum atomic E-state index is 13.4. The third-order valence-electron chi connectivity index (χ3n) is 2.06. The average molecular weight is 294 g/mol. The van der Waals surface area contributed by atoms with Crippen LogP contribution in [0.15, 0.2) is 17.0 Å². The van der Waals surface area contributed by atoms with E-state index in [1.807, 2.05) is 4.72 Å². The van der Waals surface area contributed by atoms with Gasteiger partial charge in [-0.2, -0.15) is 0 Å². The van der Waals surface area contributed by atoms with Gasteiger partial charge in [-0.3, -0.25) is 0 Å². The standard InChI is InChI=1S/C9H12F2N4O3S/c10-5-3-6(11)8(4-7(5)12)19(17,18)15-2-1-14-9(13)16/h3-4,15H,1-2,12H2,(H3,13,14,16). The molecule has 2 amide bonds. The Morgan fingerprint density at radius 2 is 1.84 bits per heavy atom. The van der Waals surface area contributed by atoms with Gasteiger partial charge >= 0.3 is 6.03 Å². The number of carbonyl (C=O) groups excluding carboxylic acids is 1. The van der Waals surface area contributed by atoms with Crippen molar-refractivity contribution in [2.24, 2.45) is 5.73 Å². The molecule has 1 aromatic rings. The fraction of sp³-hybridized carbons (Fsp3) is 0.222. The van der Waals surface area contributed by atoms with E-state index in [1.54, 1.807) is 0 Å². The molecule has 7 nitrogen and oxygen atoms in total. The van der Waals surface area contributed by atoms with Gasteiger partial charge in [-0.25, -0.2) is 26.7 Å². The molecule has 1 aromatic carbocycles. The Morgan fingerprint density at radius 3 is 2.42 bits per heavy atom. The topological polar surface area (TPSA) is 127 Å². The normalized spacial score (nSPS) is 11.3. The number of carbonyl (C=O) groups is 1. The third-order valence-corrected chi connectivity index (χ3v) is 3.53. The minimum Gasteiger partial charge on any atom is -0.396 e. The molecule has 0 fully saturated rings. The van der Waals surface area contributed by atoms with Gasteiger partial charge in [0.1, 0.15) is 16.5 Å². The van der Waals surface area contributed by atoms with Crippen molar-refractivity contribution in [1.29, 1.82) is 0 Å². The van der Waals surface area contributed by atoms with Crippen LogP contribution in [0, 0.1) is 11.6 Å². The highest BCUT2D eigenvalue weighted by atomic mass is 32.2. The van der Waals surface area contributed by atoms with Crippen LogP contribution in [0.2, 0.25) is 0 Å². The van der Waals surface area contributed by atoms with Crippen LogP contribution in [-0.2, 0) is 10.0 Å². The molecule has 0 aromatic heterocycles. The summed E-state index contributed by atoms with van der Waals surface area (Å²) in [6.45, 7) is -0.283. The summed E-state index contributed by atoms with van der Waals surface area (Å²) in [6, 6.07) is 0.233. The fourth-order valence-electron chi connectivity index (χ4n) is 1.20. The molecular weight excluding hydrogens is 282 g/mol. The molecule has 0 atom stereocenters. The van der Waals surface area contributed by atoms with Gasteiger partial charge in [0, 0.05) is 19.2 Å². The smallest absolute Gasteiger partial charge is 0.312 e. The third kappa shape index (κ3) is 4.03. The number of amides is 2. The molecule has 0 radical (unpaired) electrons. The lowest BCUT2D eigenvalue weighted by molar-refractivity contribution is 0.249. The van der Waals surface area contributed by atoms with E-state index in [4.69, 9.17) is 11.5 Å². The van der Waals surface area contributed by atoms with Crippen LogP contribution in [0.25, 0.3) is 0 Å². The van der Waals surface area contributed by atoms with Gasteiger partial charge in [-0.1, -0.05) is 0 Å². The zero-order chi connectivity index (χ0) is 14.6. The number of hydrogen-bond acceptors (Lipinski definition) is 4. The predicted molar refractivity (Wildman–Crippen MR) is 63.5 cm³/mol. The lowest BCUT2D eigenvalue weighted by Crippen LogP contribution is -2.37. The van der Waals surface area contributed by atoms with Crippen molar-refractivity contribution < 1.29 is 22.0 Å². The minimum atomic E-state index is -4.19. The zero-order valence-corrected chi connectivity index (χ0v) is 10.4. The second kappa shape index (κ2) is 5.80. The number of halogens is 2. The number of nitrogens with one attached hydrogen (secondary N) is 2. The van der Waals surface area contributed by atoms with Crippen molar-refractivity contribution in [3.63, 3.8) is 0 Å². The molecule has 0 bridgehead atoms. The molecule has 0 saturated carbocycles. The van der Waals surface area contributed by atoms with E-state index >= 15 is 0 Å². The van der Waals surface area contributed by atoms with E-state index in [9.17, 15) is 22.0 Å². The number of benzene rings is 1. The fourth-order valence-corrected chi connectivity index (χ4v) is 2.32. The van der Waals surface area contributed by atoms with Crippen molar-refractivity contribution in [2.75, 3.05) is 18.8 Å². The minimum absolute atomic E-state index is 0.0765. The molecule has 0 unspecified atom stereocenters. The Labute approximate surface area is 108 Å². The highest BCUT2D eigenvalue weighted by Gasteiger charge is 2.20. The quantitative estimate of drug-likeness (QED) is 0.431. The van der Waals surface area contributed by atoms with E-state index in [2.05, 4.69) is 5.32 Å². The van der Waals surface area contributed by atoms with Crippen LogP contribution < -0.4 is 21.5 Å². The summed E-state index contributed by atoms with van der Waals surface area (Å²) in [5.41, 5.74) is 9.45. The molecular formula is C9H12F2N4O3S. The van der Waals surface area contributed by atoms with Gasteiger partial charge in [0.2, 0.25) is 10.0 Å². The highest BCUT2D eigenvalue weighted by Crippen LogP contribution is 2.20. The van der Waals surface area contributed by atoms with Crippen molar-refractivity contribution in [1.82, 2.24) is 10.0 Å². The first-order valence-corrected chi connectivity index (χ1v) is 6.50. The Bertz CT molecular complexity index is 591. The highest BCUT2D eigenvalue weighted by molar-refractivity contribution is 7.89. The Hall–Kier alpha value is -1.94. The number of sulfonamides is 1. The van der Waals surface area contributed by atoms with Crippen LogP contribution in [0.4, 0.5) is 19.3 Å². The molecule has 0 aliphatic carbocycles. The predicted octanol–water partition coefficient (Wildman–Crippen LogP) is -0.506. The van der Waals surface area contributed by atoms with E-state index in [0.29, 0.717) is 12.1 Å². The summed E-state index contributed by atoms with van der Waals surface area (Å²) in [4.78, 5) is 9.57. The Balaban J connectivity index is 2.83. The molecule has 106 valence electrons. The lowest BCUT2D eigenvalue weighted by Gasteiger charge is -2.09. The first-order chi connectivity index (χ1) is 8.74. The van der Waals surface area contributed by atoms with E-state index < -0.39 is 38.3 Å². The summed E-state index contributed by atoms with van der Waals surface area (Å²) >= 11 is 0. The summed E-state index contributed by atoms with van der Waals surface area (Å²) in [5.74, 6) is -2.31. The van der Waals surface area contributed by atoms with Crippen LogP contribution >= 0.6 is 0 Å². The molecule has 0 aliphatic heterocycles. The summed E-state index contributed by atoms with van der Waals surface area (Å²) < 4.78 is 51.6. The van der Waals surface area contributed by atoms with Crippen molar-refractivity contribution in [2.45, 2.75) is 4.90 Å². The SMILES string of the molecule is NC(=O)NCCNS(=O)(=O)c1cc(N)c(F)cc1F. The maximum Gasteiger partial charge on any atom is 0.312 e. The van der Waals surface area contributed by atoms with Crippen LogP contribution in [0.5, 0.6) is 0 Å². The second-order valence-electron chi connectivity index (χ2n) is 3.49. The lowest BCUT2D eigenvalue weighted by atomic mass is 10.3. The van der Waals surface area contributed by atoms with Gasteiger partial charge in [0.15, 0.2) is 0 Å². The Morgan fingerprint density at radius 1 is 1.21 bits per heavy atom. The van der Waals surface area contributed by atoms with Crippen molar-refractivity contribution >= 4 is 21.7 Å². The average Bonchev–Trinajstić information content (AvgIpc) is 2.29. The van der Waals surface area contributed by atoms with Gasteiger partial charge < -0.3 is 16.8 Å². The van der Waals surface area contributed by atoms with Crippen molar-refractivity contribution in [3.05, 3.63) is 23.8 Å². The number of rotatable bonds is 5. The van der Waals surface area contributed by atoms with Gasteiger partial charge in [0.25, 0.3) is 0 Å². The van der Waals surface area contributed by atoms with E-state index in [-0.39, 0.29) is 13.1 Å². The molecule has 19 heavy (non-hydrogen) atoms. The molecule has 6 N–H and O–H groups in total. The number of hydrogen-bond donors (Lipinski definition) is 4. The number of anilines is 1. The van der Waals surface area contributed by atoms with Gasteiger partial charge in [-0.15, -0.1) is 0 Å². The van der Waals surface area contributed by atoms with Gasteiger partial charge in [-0.05, 0) is 6.07 Å². The molecule has 0 aliphatic rings. The summed E-state index contributed by atoms with van der Waals surface area (Å²) in [6.07, 6.45) is 0. The maximum absolute atomic E-state index is 13.4. The van der Waals surface area contributed by atoms with Crippen LogP contribution in [-0.4, -0.2) is 27.5 Å². The molecule has 0 heterocycles. The number of urea groups is 1. The number of nitrogens with two attached hydrogens (primary N) is 2. The molecule has 10 heteroatoms. The largest absolute Gasteiger partial charge is 0.396 e. The zero-order valence-electron chi connectivity index (χ0n) is 9.61. The number of nitrogen functional groups attached to an aromatic ring is 1. The van der Waals surface area contributed by atoms with E-state index in [0.717, 1.165) is 0 Å². The van der Waals surface area contributed by atoms with Crippen LogP contribution in [0.1, 0.15) is 0 Å². The summed E-state index contributed by atoms with van der Waals surface area (Å²) in [5, 5.41) is 2.14. The molecule has 0 spiro atoms. The monoisotopic (exact) mass is 294 g/mol. The molecule has 1 rings (SSSR count). The number of primary amides is 1. The molecule has 0 saturated heterocycles. The second-order valence-corrected chi connectivity index (χ2v) is 5.23. The van der Waals surface area contributed by atoms with Crippen molar-refractivity contribution in [3.8, 4) is 0 Å². The van der Waals surface area contributed by atoms with Crippen LogP contribution in [0.3, 0.4) is 0 Å². The first kappa shape index (κ1) is 15.1.